The fraction of sp³-hybridized carbons (Fsp3) is 0.0179. The van der Waals surface area contributed by atoms with Gasteiger partial charge in [0.1, 0.15) is 0 Å². The summed E-state index contributed by atoms with van der Waals surface area (Å²) >= 11 is 0. The van der Waals surface area contributed by atoms with E-state index in [9.17, 15) is 0 Å². The zero-order valence-corrected chi connectivity index (χ0v) is 35.9. The smallest absolute Gasteiger partial charge is 0.435 e. The molecule has 2 aliphatic rings. The number of aromatic nitrogens is 7. The zero-order valence-electron chi connectivity index (χ0n) is 36.6. The topological polar surface area (TPSA) is 92.7 Å². The molecule has 0 aliphatic carbocycles. The Hall–Kier alpha value is -7.86. The van der Waals surface area contributed by atoms with E-state index in [1.165, 1.54) is 0 Å². The fourth-order valence-electron chi connectivity index (χ4n) is 9.61. The van der Waals surface area contributed by atoms with E-state index >= 15 is 0 Å². The molecule has 12 aromatic rings. The van der Waals surface area contributed by atoms with Crippen LogP contribution in [0.3, 0.4) is 0 Å². The van der Waals surface area contributed by atoms with Gasteiger partial charge in [-0.25, -0.2) is 9.97 Å². The Morgan fingerprint density at radius 2 is 0.781 bits per heavy atom. The maximum atomic E-state index is 8.49. The van der Waals surface area contributed by atoms with Crippen LogP contribution in [-0.4, -0.2) is 24.9 Å². The number of hydrogen-bond donors (Lipinski definition) is 0. The number of nitrogens with zero attached hydrogens (tertiary/aromatic N) is 7. The molecule has 0 saturated heterocycles. The Kier molecular flexibility index (Phi) is 7.28. The third kappa shape index (κ3) is 5.54. The molecule has 0 N–H and O–H groups in total. The van der Waals surface area contributed by atoms with Crippen LogP contribution in [0.4, 0.5) is 0 Å². The summed E-state index contributed by atoms with van der Waals surface area (Å²) in [6.45, 7) is -2.37. The van der Waals surface area contributed by atoms with Gasteiger partial charge in [0.2, 0.25) is 0 Å². The van der Waals surface area contributed by atoms with Crippen molar-refractivity contribution in [1.29, 1.82) is 0 Å². The van der Waals surface area contributed by atoms with Crippen molar-refractivity contribution in [3.05, 3.63) is 175 Å². The molecule has 0 fully saturated rings. The van der Waals surface area contributed by atoms with Crippen LogP contribution in [-0.2, 0) is 21.1 Å². The van der Waals surface area contributed by atoms with Gasteiger partial charge in [0.25, 0.3) is 0 Å². The van der Waals surface area contributed by atoms with Crippen LogP contribution >= 0.6 is 0 Å². The van der Waals surface area contributed by atoms with Gasteiger partial charge in [-0.05, 0) is 137 Å². The van der Waals surface area contributed by atoms with Crippen LogP contribution in [0.5, 0.6) is 0 Å². The Morgan fingerprint density at radius 1 is 0.375 bits per heavy atom. The fourth-order valence-corrected chi connectivity index (χ4v) is 9.61. The van der Waals surface area contributed by atoms with Gasteiger partial charge in [-0.1, -0.05) is 127 Å². The summed E-state index contributed by atoms with van der Waals surface area (Å²) in [7, 11) is 0. The van der Waals surface area contributed by atoms with Crippen LogP contribution in [0.25, 0.3) is 144 Å². The molecule has 64 heavy (non-hydrogen) atoms. The van der Waals surface area contributed by atoms with Crippen molar-refractivity contribution in [3.8, 4) is 56.5 Å². The maximum absolute atomic E-state index is 8.49. The molecule has 0 radical (unpaired) electrons. The van der Waals surface area contributed by atoms with Gasteiger partial charge in [0.15, 0.2) is 0 Å². The van der Waals surface area contributed by atoms with Crippen molar-refractivity contribution in [2.45, 2.75) is 6.85 Å². The quantitative estimate of drug-likeness (QED) is 0.162. The molecular weight excluding hydrogens is 966 g/mol. The molecule has 14 rings (SSSR count). The molecule has 300 valence electrons. The summed E-state index contributed by atoms with van der Waals surface area (Å²) in [5.41, 5.74) is 7.50. The third-order valence-electron chi connectivity index (χ3n) is 12.6. The Morgan fingerprint density at radius 3 is 1.28 bits per heavy atom. The second-order valence-corrected chi connectivity index (χ2v) is 16.4. The predicted octanol–water partition coefficient (Wildman–Crippen LogP) is 13.3. The minimum absolute atomic E-state index is 0. The minimum Gasteiger partial charge on any atom is -0.435 e. The van der Waals surface area contributed by atoms with E-state index in [-0.39, 0.29) is 26.6 Å². The first-order valence-corrected chi connectivity index (χ1v) is 20.9. The maximum Gasteiger partial charge on any atom is 2.00 e. The molecule has 2 aliphatic heterocycles. The first-order valence-electron chi connectivity index (χ1n) is 22.4. The molecule has 0 saturated carbocycles. The van der Waals surface area contributed by atoms with Crippen LogP contribution < -0.4 is 9.97 Å². The molecule has 9 aromatic carbocycles. The normalized spacial score (nSPS) is 12.9. The molecule has 0 unspecified atom stereocenters. The average Bonchev–Trinajstić information content (AvgIpc) is 4.06. The van der Waals surface area contributed by atoms with Crippen molar-refractivity contribution in [1.82, 2.24) is 34.9 Å². The van der Waals surface area contributed by atoms with E-state index in [1.54, 1.807) is 18.2 Å². The van der Waals surface area contributed by atoms with E-state index in [0.29, 0.717) is 56.8 Å². The summed E-state index contributed by atoms with van der Waals surface area (Å²) in [4.78, 5) is 37.5. The molecule has 8 heteroatoms. The number of fused-ring (bicyclic) bond motifs is 24. The Bertz CT molecular complexity index is 4310. The Balaban J connectivity index is 0.00000446. The molecule has 3 aromatic heterocycles. The van der Waals surface area contributed by atoms with Gasteiger partial charge in [-0.3, -0.25) is 0 Å². The van der Waals surface area contributed by atoms with Gasteiger partial charge in [0, 0.05) is 43.2 Å². The summed E-state index contributed by atoms with van der Waals surface area (Å²) in [5, 5.41) is 11.6. The van der Waals surface area contributed by atoms with Crippen LogP contribution in [0.15, 0.2) is 170 Å². The van der Waals surface area contributed by atoms with Gasteiger partial charge in [0.05, 0.1) is 23.2 Å². The largest absolute Gasteiger partial charge is 2.00 e. The number of rotatable bonds is 1. The van der Waals surface area contributed by atoms with Crippen LogP contribution in [0, 0.1) is 6.85 Å². The number of aryl methyl sites for hydroxylation is 1. The van der Waals surface area contributed by atoms with Crippen molar-refractivity contribution in [3.63, 3.8) is 0 Å². The zero-order chi connectivity index (χ0) is 43.8. The standard InChI is InChI=1S/C56H31N7.Pt/c1-30-11-10-20-39(21-30)48-49-40-22-31-12-2-4-14-33(31)24-42(40)51(57-49)59-53-44-26-35-16-6-8-18-37(35)28-46(44)55(61-53)63-56-47-29-38-19-9-7-17-36(38)27-45(47)54(62-56)60-52-43-25-34-15-5-3-13-32(34)23-41(43)50(48)58-52;/h2-29H,1H3;/q-2;+2/i1D3;. The average molecular weight is 1000 g/mol. The molecule has 7 nitrogen and oxygen atoms in total. The minimum atomic E-state index is -2.37. The van der Waals surface area contributed by atoms with Crippen LogP contribution in [0.2, 0.25) is 0 Å². The van der Waals surface area contributed by atoms with Gasteiger partial charge in [-0.2, -0.15) is 0 Å². The third-order valence-corrected chi connectivity index (χ3v) is 12.6. The molecule has 8 bridgehead atoms. The summed E-state index contributed by atoms with van der Waals surface area (Å²) < 4.78 is 25.5. The summed E-state index contributed by atoms with van der Waals surface area (Å²) in [6.07, 6.45) is 0. The van der Waals surface area contributed by atoms with E-state index in [0.717, 1.165) is 86.9 Å². The van der Waals surface area contributed by atoms with E-state index < -0.39 is 6.85 Å². The monoisotopic (exact) mass is 999 g/mol. The molecular formula is C56H31N7Pt. The summed E-state index contributed by atoms with van der Waals surface area (Å²) in [5.74, 6) is 1.43. The number of hydrogen-bond acceptors (Lipinski definition) is 5. The van der Waals surface area contributed by atoms with Crippen LogP contribution in [0.1, 0.15) is 9.68 Å². The SMILES string of the molecule is [2H]C([2H])([2H])c1cccc(-c2c3nc(nc4[n-]c(nc5nc(nc6[n-]c2c2cc7ccccc7cc62)-c2cc6ccccc6cc2-5)c2cc5ccccc5cc42)-c2cc4ccccc4cc2-3)c1.[Pt+2]. The molecule has 5 heterocycles. The Labute approximate surface area is 384 Å². The molecule has 0 atom stereocenters. The van der Waals surface area contributed by atoms with Gasteiger partial charge >= 0.3 is 21.1 Å². The second kappa shape index (κ2) is 13.8. The van der Waals surface area contributed by atoms with Gasteiger partial charge < -0.3 is 24.9 Å². The molecule has 0 amide bonds. The van der Waals surface area contributed by atoms with Crippen molar-refractivity contribution >= 4 is 87.1 Å². The van der Waals surface area contributed by atoms with Crippen molar-refractivity contribution < 1.29 is 25.2 Å². The molecule has 0 spiro atoms. The van der Waals surface area contributed by atoms with Crippen molar-refractivity contribution in [2.24, 2.45) is 0 Å². The van der Waals surface area contributed by atoms with Gasteiger partial charge in [-0.15, -0.1) is 0 Å². The second-order valence-electron chi connectivity index (χ2n) is 16.4. The van der Waals surface area contributed by atoms with E-state index in [4.69, 9.17) is 39.0 Å². The number of benzene rings is 9. The first-order chi connectivity index (χ1) is 32.3. The predicted molar refractivity (Wildman–Crippen MR) is 256 cm³/mol. The summed E-state index contributed by atoms with van der Waals surface area (Å²) in [6, 6.07) is 57.1. The van der Waals surface area contributed by atoms with Crippen molar-refractivity contribution in [2.75, 3.05) is 0 Å². The van der Waals surface area contributed by atoms with E-state index in [2.05, 4.69) is 97.1 Å². The first kappa shape index (κ1) is 33.7. The van der Waals surface area contributed by atoms with E-state index in [1.807, 2.05) is 54.6 Å².